The maximum Gasteiger partial charge on any atom is 0.341 e. The molecule has 1 aliphatic heterocycles. The Kier molecular flexibility index (Phi) is 4.81. The van der Waals surface area contributed by atoms with Crippen LogP contribution in [-0.2, 0) is 0 Å². The number of nitrogens with zero attached hydrogens (tertiary/aromatic N) is 2. The maximum absolute atomic E-state index is 15.4. The van der Waals surface area contributed by atoms with Gasteiger partial charge in [-0.2, -0.15) is 0 Å². The fourth-order valence-electron chi connectivity index (χ4n) is 3.97. The van der Waals surface area contributed by atoms with Crippen LogP contribution in [0.5, 0.6) is 5.75 Å². The van der Waals surface area contributed by atoms with E-state index in [0.717, 1.165) is 12.8 Å². The molecule has 10 heteroatoms. The number of nitrogens with two attached hydrogens (primary N) is 1. The van der Waals surface area contributed by atoms with Crippen LogP contribution in [0.25, 0.3) is 10.9 Å². The molecule has 0 amide bonds. The number of nitrogen functional groups attached to an aromatic ring is 1. The largest absolute Gasteiger partial charge is 0.477 e. The fraction of sp³-hybridized carbons (Fsp3) is 0.474. The van der Waals surface area contributed by atoms with E-state index in [1.807, 2.05) is 6.92 Å². The number of ether oxygens (including phenoxy) is 1. The molecule has 0 radical (unpaired) electrons. The van der Waals surface area contributed by atoms with Crippen LogP contribution in [0.1, 0.15) is 36.2 Å². The quantitative estimate of drug-likeness (QED) is 0.648. The lowest BCUT2D eigenvalue weighted by atomic mass is 10.0. The first-order valence-electron chi connectivity index (χ1n) is 9.45. The van der Waals surface area contributed by atoms with Crippen molar-refractivity contribution in [1.29, 1.82) is 0 Å². The monoisotopic (exact) mass is 408 g/mol. The average molecular weight is 408 g/mol. The Morgan fingerprint density at radius 1 is 1.45 bits per heavy atom. The summed E-state index contributed by atoms with van der Waals surface area (Å²) in [5.74, 6) is -2.46. The smallest absolute Gasteiger partial charge is 0.341 e. The van der Waals surface area contributed by atoms with Crippen LogP contribution in [0.2, 0.25) is 0 Å². The molecule has 4 N–H and O–H groups in total. The number of carboxylic acids is 1. The fourth-order valence-corrected chi connectivity index (χ4v) is 3.97. The number of rotatable bonds is 5. The van der Waals surface area contributed by atoms with E-state index in [0.29, 0.717) is 19.6 Å². The average Bonchev–Trinajstić information content (AvgIpc) is 3.50. The third-order valence-corrected chi connectivity index (χ3v) is 5.43. The molecule has 8 nitrogen and oxygen atoms in total. The number of piperazine rings is 1. The summed E-state index contributed by atoms with van der Waals surface area (Å²) in [6.45, 7) is 2.16. The molecule has 2 aromatic rings. The zero-order valence-corrected chi connectivity index (χ0v) is 15.9. The molecular formula is C19H22F2N4O4. The summed E-state index contributed by atoms with van der Waals surface area (Å²) in [5.41, 5.74) is 4.28. The molecule has 1 aliphatic carbocycles. The molecule has 1 saturated carbocycles. The van der Waals surface area contributed by atoms with Crippen molar-refractivity contribution in [2.45, 2.75) is 31.8 Å². The van der Waals surface area contributed by atoms with Crippen molar-refractivity contribution in [3.05, 3.63) is 27.8 Å². The number of fused-ring (bicyclic) bond motifs is 1. The number of hydrogen-bond acceptors (Lipinski definition) is 6. The van der Waals surface area contributed by atoms with Gasteiger partial charge in [0.25, 0.3) is 0 Å². The summed E-state index contributed by atoms with van der Waals surface area (Å²) in [6, 6.07) is -0.0314. The second-order valence-corrected chi connectivity index (χ2v) is 7.50. The van der Waals surface area contributed by atoms with E-state index in [9.17, 15) is 19.1 Å². The topological polar surface area (TPSA) is 110 Å². The van der Waals surface area contributed by atoms with E-state index in [1.54, 1.807) is 9.47 Å². The Labute approximate surface area is 164 Å². The van der Waals surface area contributed by atoms with Gasteiger partial charge in [0.05, 0.1) is 16.6 Å². The standard InChI is InChI=1S/C19H22F2N4O4/c1-9-6-24(5-4-23-9)16-13(21)14(22)12-15(18(16)29-8-20)25(10-2-3-10)7-11(17(12)26)19(27)28/h7,9-10,23H,2-6,8,22H2,1H3,(H,27,28). The number of nitrogens with one attached hydrogen (secondary N) is 1. The highest BCUT2D eigenvalue weighted by atomic mass is 19.1. The van der Waals surface area contributed by atoms with E-state index in [1.165, 1.54) is 6.20 Å². The van der Waals surface area contributed by atoms with Crippen molar-refractivity contribution >= 4 is 28.2 Å². The predicted molar refractivity (Wildman–Crippen MR) is 104 cm³/mol. The summed E-state index contributed by atoms with van der Waals surface area (Å²) in [6.07, 6.45) is 2.73. The Morgan fingerprint density at radius 3 is 2.76 bits per heavy atom. The van der Waals surface area contributed by atoms with Gasteiger partial charge < -0.3 is 30.4 Å². The molecule has 0 spiro atoms. The number of anilines is 2. The van der Waals surface area contributed by atoms with Gasteiger partial charge in [0.2, 0.25) is 12.3 Å². The van der Waals surface area contributed by atoms with Gasteiger partial charge in [-0.1, -0.05) is 0 Å². The number of carbonyl (C=O) groups is 1. The van der Waals surface area contributed by atoms with Crippen LogP contribution < -0.4 is 26.1 Å². The minimum atomic E-state index is -1.43. The Hall–Kier alpha value is -2.88. The number of aromatic nitrogens is 1. The molecule has 1 saturated heterocycles. The SMILES string of the molecule is CC1CN(c2c(F)c(N)c3c(=O)c(C(=O)O)cn(C4CC4)c3c2OCF)CCN1. The normalized spacial score (nSPS) is 19.6. The van der Waals surface area contributed by atoms with Crippen molar-refractivity contribution < 1.29 is 23.4 Å². The Balaban J connectivity index is 2.10. The van der Waals surface area contributed by atoms with Gasteiger partial charge in [-0.25, -0.2) is 13.6 Å². The molecule has 1 aromatic carbocycles. The van der Waals surface area contributed by atoms with E-state index in [4.69, 9.17) is 10.5 Å². The maximum atomic E-state index is 15.4. The van der Waals surface area contributed by atoms with Crippen LogP contribution >= 0.6 is 0 Å². The van der Waals surface area contributed by atoms with Crippen molar-refractivity contribution in [2.24, 2.45) is 0 Å². The predicted octanol–water partition coefficient (Wildman–Crippen LogP) is 1.86. The summed E-state index contributed by atoms with van der Waals surface area (Å²) in [4.78, 5) is 26.1. The van der Waals surface area contributed by atoms with Crippen molar-refractivity contribution in [2.75, 3.05) is 37.1 Å². The van der Waals surface area contributed by atoms with Crippen LogP contribution in [-0.4, -0.2) is 48.2 Å². The number of pyridine rings is 1. The summed E-state index contributed by atoms with van der Waals surface area (Å²) in [7, 11) is 0. The number of alkyl halides is 1. The molecule has 0 bridgehead atoms. The first-order chi connectivity index (χ1) is 13.8. The third kappa shape index (κ3) is 3.17. The van der Waals surface area contributed by atoms with Gasteiger partial charge in [-0.3, -0.25) is 4.79 Å². The van der Waals surface area contributed by atoms with Gasteiger partial charge in [0, 0.05) is 37.9 Å². The lowest BCUT2D eigenvalue weighted by molar-refractivity contribution is 0.0694. The van der Waals surface area contributed by atoms with Crippen molar-refractivity contribution in [3.8, 4) is 5.75 Å². The molecule has 2 fully saturated rings. The van der Waals surface area contributed by atoms with Crippen molar-refractivity contribution in [1.82, 2.24) is 9.88 Å². The molecule has 2 aliphatic rings. The number of aromatic carboxylic acids is 1. The Morgan fingerprint density at radius 2 is 2.17 bits per heavy atom. The van der Waals surface area contributed by atoms with E-state index in [-0.39, 0.29) is 34.4 Å². The summed E-state index contributed by atoms with van der Waals surface area (Å²) < 4.78 is 35.5. The number of hydrogen-bond donors (Lipinski definition) is 3. The van der Waals surface area contributed by atoms with Crippen LogP contribution in [0.4, 0.5) is 20.2 Å². The minimum absolute atomic E-state index is 0.00197. The van der Waals surface area contributed by atoms with Gasteiger partial charge in [0.1, 0.15) is 11.3 Å². The molecule has 1 unspecified atom stereocenters. The van der Waals surface area contributed by atoms with Crippen LogP contribution in [0.15, 0.2) is 11.0 Å². The molecular weight excluding hydrogens is 386 g/mol. The molecule has 29 heavy (non-hydrogen) atoms. The minimum Gasteiger partial charge on any atom is -0.477 e. The highest BCUT2D eigenvalue weighted by Gasteiger charge is 2.34. The molecule has 1 aromatic heterocycles. The van der Waals surface area contributed by atoms with Crippen LogP contribution in [0.3, 0.4) is 0 Å². The molecule has 4 rings (SSSR count). The Bertz CT molecular complexity index is 1050. The lowest BCUT2D eigenvalue weighted by Gasteiger charge is -2.35. The highest BCUT2D eigenvalue weighted by molar-refractivity contribution is 6.03. The molecule has 2 heterocycles. The van der Waals surface area contributed by atoms with Crippen molar-refractivity contribution in [3.63, 3.8) is 0 Å². The van der Waals surface area contributed by atoms with E-state index in [2.05, 4.69) is 5.32 Å². The van der Waals surface area contributed by atoms with Gasteiger partial charge >= 0.3 is 5.97 Å². The van der Waals surface area contributed by atoms with Gasteiger partial charge in [-0.05, 0) is 19.8 Å². The zero-order chi connectivity index (χ0) is 20.9. The third-order valence-electron chi connectivity index (χ3n) is 5.43. The van der Waals surface area contributed by atoms with Gasteiger partial charge in [0.15, 0.2) is 11.6 Å². The summed E-state index contributed by atoms with van der Waals surface area (Å²) in [5, 5.41) is 12.4. The van der Waals surface area contributed by atoms with Gasteiger partial charge in [-0.15, -0.1) is 0 Å². The highest BCUT2D eigenvalue weighted by Crippen LogP contribution is 2.46. The number of carboxylic acid groups (broad SMARTS) is 1. The first-order valence-corrected chi connectivity index (χ1v) is 9.45. The van der Waals surface area contributed by atoms with Crippen LogP contribution in [0, 0.1) is 5.82 Å². The number of benzene rings is 1. The van der Waals surface area contributed by atoms with E-state index >= 15 is 4.39 Å². The molecule has 156 valence electrons. The lowest BCUT2D eigenvalue weighted by Crippen LogP contribution is -2.49. The molecule has 1 atom stereocenters. The zero-order valence-electron chi connectivity index (χ0n) is 15.9. The second-order valence-electron chi connectivity index (χ2n) is 7.50. The summed E-state index contributed by atoms with van der Waals surface area (Å²) >= 11 is 0. The number of halogens is 2. The second kappa shape index (κ2) is 7.18. The van der Waals surface area contributed by atoms with E-state index < -0.39 is 35.3 Å². The first kappa shape index (κ1) is 19.4.